The standard InChI is InChI=1S/C11H12BrNO/c12-9-4-5-10(13-7-9)11(14)6-8-2-1-3-8/h4-5,7-8H,1-3,6H2. The number of aromatic nitrogens is 1. The Morgan fingerprint density at radius 3 is 2.79 bits per heavy atom. The van der Waals surface area contributed by atoms with E-state index >= 15 is 0 Å². The van der Waals surface area contributed by atoms with Crippen molar-refractivity contribution in [2.75, 3.05) is 0 Å². The molecule has 0 aromatic carbocycles. The van der Waals surface area contributed by atoms with E-state index in [1.165, 1.54) is 19.3 Å². The Bertz CT molecular complexity index is 330. The first-order chi connectivity index (χ1) is 6.75. The van der Waals surface area contributed by atoms with Gasteiger partial charge >= 0.3 is 0 Å². The van der Waals surface area contributed by atoms with Gasteiger partial charge in [0.05, 0.1) is 0 Å². The van der Waals surface area contributed by atoms with Crippen molar-refractivity contribution < 1.29 is 4.79 Å². The average Bonchev–Trinajstić information content (AvgIpc) is 2.12. The highest BCUT2D eigenvalue weighted by Gasteiger charge is 2.21. The third-order valence-corrected chi connectivity index (χ3v) is 3.18. The third kappa shape index (κ3) is 2.21. The third-order valence-electron chi connectivity index (χ3n) is 2.71. The van der Waals surface area contributed by atoms with Gasteiger partial charge in [0, 0.05) is 17.1 Å². The van der Waals surface area contributed by atoms with E-state index in [0.717, 1.165) is 4.47 Å². The van der Waals surface area contributed by atoms with Crippen LogP contribution in [0, 0.1) is 5.92 Å². The number of Topliss-reactive ketones (excluding diaryl/α,β-unsaturated/α-hetero) is 1. The maximum absolute atomic E-state index is 11.7. The molecule has 1 aromatic rings. The minimum Gasteiger partial charge on any atom is -0.292 e. The van der Waals surface area contributed by atoms with Crippen molar-refractivity contribution in [3.05, 3.63) is 28.5 Å². The van der Waals surface area contributed by atoms with Crippen molar-refractivity contribution in [2.45, 2.75) is 25.7 Å². The molecular weight excluding hydrogens is 242 g/mol. The fraction of sp³-hybridized carbons (Fsp3) is 0.455. The van der Waals surface area contributed by atoms with Crippen molar-refractivity contribution in [3.63, 3.8) is 0 Å². The Morgan fingerprint density at radius 1 is 1.50 bits per heavy atom. The molecule has 0 unspecified atom stereocenters. The van der Waals surface area contributed by atoms with Gasteiger partial charge in [0.15, 0.2) is 5.78 Å². The van der Waals surface area contributed by atoms with Gasteiger partial charge in [0.25, 0.3) is 0 Å². The summed E-state index contributed by atoms with van der Waals surface area (Å²) in [6.45, 7) is 0. The van der Waals surface area contributed by atoms with E-state index in [4.69, 9.17) is 0 Å². The minimum absolute atomic E-state index is 0.183. The normalized spacial score (nSPS) is 16.4. The molecule has 0 spiro atoms. The highest BCUT2D eigenvalue weighted by Crippen LogP contribution is 2.30. The number of ketones is 1. The number of rotatable bonds is 3. The van der Waals surface area contributed by atoms with E-state index in [1.54, 1.807) is 12.3 Å². The van der Waals surface area contributed by atoms with E-state index in [2.05, 4.69) is 20.9 Å². The van der Waals surface area contributed by atoms with Gasteiger partial charge in [0.1, 0.15) is 5.69 Å². The molecule has 1 aromatic heterocycles. The van der Waals surface area contributed by atoms with Crippen LogP contribution >= 0.6 is 15.9 Å². The van der Waals surface area contributed by atoms with E-state index < -0.39 is 0 Å². The molecule has 2 nitrogen and oxygen atoms in total. The highest BCUT2D eigenvalue weighted by molar-refractivity contribution is 9.10. The summed E-state index contributed by atoms with van der Waals surface area (Å²) in [6.07, 6.45) is 6.05. The molecule has 0 aliphatic heterocycles. The highest BCUT2D eigenvalue weighted by atomic mass is 79.9. The van der Waals surface area contributed by atoms with Crippen LogP contribution in [0.15, 0.2) is 22.8 Å². The summed E-state index contributed by atoms with van der Waals surface area (Å²) in [5.41, 5.74) is 0.597. The summed E-state index contributed by atoms with van der Waals surface area (Å²) < 4.78 is 0.915. The Balaban J connectivity index is 1.99. The Kier molecular flexibility index (Phi) is 2.96. The molecular formula is C11H12BrNO. The molecule has 14 heavy (non-hydrogen) atoms. The van der Waals surface area contributed by atoms with Gasteiger partial charge in [-0.2, -0.15) is 0 Å². The zero-order chi connectivity index (χ0) is 9.97. The smallest absolute Gasteiger partial charge is 0.181 e. The molecule has 2 rings (SSSR count). The van der Waals surface area contributed by atoms with Crippen LogP contribution in [-0.4, -0.2) is 10.8 Å². The second-order valence-corrected chi connectivity index (χ2v) is 4.70. The van der Waals surface area contributed by atoms with Crippen molar-refractivity contribution in [1.82, 2.24) is 4.98 Å². The Morgan fingerprint density at radius 2 is 2.29 bits per heavy atom. The number of nitrogens with zero attached hydrogens (tertiary/aromatic N) is 1. The SMILES string of the molecule is O=C(CC1CCC1)c1ccc(Br)cn1. The lowest BCUT2D eigenvalue weighted by atomic mass is 9.81. The zero-order valence-corrected chi connectivity index (χ0v) is 9.46. The van der Waals surface area contributed by atoms with Crippen LogP contribution in [0.25, 0.3) is 0 Å². The van der Waals surface area contributed by atoms with Gasteiger partial charge in [-0.1, -0.05) is 19.3 Å². The topological polar surface area (TPSA) is 30.0 Å². The largest absolute Gasteiger partial charge is 0.292 e. The average molecular weight is 254 g/mol. The maximum atomic E-state index is 11.7. The van der Waals surface area contributed by atoms with Crippen LogP contribution in [0.2, 0.25) is 0 Å². The van der Waals surface area contributed by atoms with Crippen molar-refractivity contribution >= 4 is 21.7 Å². The molecule has 0 bridgehead atoms. The molecule has 0 saturated heterocycles. The lowest BCUT2D eigenvalue weighted by Gasteiger charge is -2.24. The van der Waals surface area contributed by atoms with Crippen molar-refractivity contribution in [3.8, 4) is 0 Å². The minimum atomic E-state index is 0.183. The summed E-state index contributed by atoms with van der Waals surface area (Å²) in [6, 6.07) is 3.64. The molecule has 0 N–H and O–H groups in total. The second-order valence-electron chi connectivity index (χ2n) is 3.79. The van der Waals surface area contributed by atoms with E-state index in [1.807, 2.05) is 6.07 Å². The number of halogens is 1. The summed E-state index contributed by atoms with van der Waals surface area (Å²) in [4.78, 5) is 15.8. The van der Waals surface area contributed by atoms with Gasteiger partial charge < -0.3 is 0 Å². The zero-order valence-electron chi connectivity index (χ0n) is 7.87. The predicted molar refractivity (Wildman–Crippen MR) is 58.2 cm³/mol. The lowest BCUT2D eigenvalue weighted by molar-refractivity contribution is 0.0931. The molecule has 1 heterocycles. The van der Waals surface area contributed by atoms with Crippen LogP contribution in [0.1, 0.15) is 36.2 Å². The van der Waals surface area contributed by atoms with Crippen LogP contribution in [0.4, 0.5) is 0 Å². The molecule has 0 amide bonds. The number of hydrogen-bond donors (Lipinski definition) is 0. The van der Waals surface area contributed by atoms with E-state index in [-0.39, 0.29) is 5.78 Å². The second kappa shape index (κ2) is 4.22. The van der Waals surface area contributed by atoms with Gasteiger partial charge in [-0.25, -0.2) is 0 Å². The number of pyridine rings is 1. The summed E-state index contributed by atoms with van der Waals surface area (Å²) in [7, 11) is 0. The summed E-state index contributed by atoms with van der Waals surface area (Å²) in [5, 5.41) is 0. The van der Waals surface area contributed by atoms with Gasteiger partial charge in [-0.15, -0.1) is 0 Å². The Labute approximate surface area is 91.9 Å². The number of carbonyl (C=O) groups is 1. The fourth-order valence-electron chi connectivity index (χ4n) is 1.60. The number of hydrogen-bond acceptors (Lipinski definition) is 2. The van der Waals surface area contributed by atoms with Crippen LogP contribution in [0.5, 0.6) is 0 Å². The maximum Gasteiger partial charge on any atom is 0.181 e. The predicted octanol–water partition coefficient (Wildman–Crippen LogP) is 3.22. The molecule has 3 heteroatoms. The van der Waals surface area contributed by atoms with Crippen LogP contribution in [0.3, 0.4) is 0 Å². The summed E-state index contributed by atoms with van der Waals surface area (Å²) >= 11 is 3.30. The molecule has 0 atom stereocenters. The van der Waals surface area contributed by atoms with Crippen molar-refractivity contribution in [1.29, 1.82) is 0 Å². The van der Waals surface area contributed by atoms with Crippen LogP contribution < -0.4 is 0 Å². The lowest BCUT2D eigenvalue weighted by Crippen LogP contribution is -2.16. The molecule has 74 valence electrons. The first-order valence-corrected chi connectivity index (χ1v) is 5.70. The molecule has 1 fully saturated rings. The van der Waals surface area contributed by atoms with Gasteiger partial charge in [-0.3, -0.25) is 9.78 Å². The molecule has 1 aliphatic rings. The number of carbonyl (C=O) groups excluding carboxylic acids is 1. The van der Waals surface area contributed by atoms with Crippen molar-refractivity contribution in [2.24, 2.45) is 5.92 Å². The quantitative estimate of drug-likeness (QED) is 0.775. The fourth-order valence-corrected chi connectivity index (χ4v) is 1.84. The summed E-state index contributed by atoms with van der Waals surface area (Å²) in [5.74, 6) is 0.801. The van der Waals surface area contributed by atoms with E-state index in [0.29, 0.717) is 18.0 Å². The molecule has 1 aliphatic carbocycles. The van der Waals surface area contributed by atoms with Crippen LogP contribution in [-0.2, 0) is 0 Å². The monoisotopic (exact) mass is 253 g/mol. The van der Waals surface area contributed by atoms with Gasteiger partial charge in [-0.05, 0) is 34.0 Å². The van der Waals surface area contributed by atoms with Gasteiger partial charge in [0.2, 0.25) is 0 Å². The first kappa shape index (κ1) is 9.84. The Hall–Kier alpha value is -0.700. The van der Waals surface area contributed by atoms with E-state index in [9.17, 15) is 4.79 Å². The molecule has 1 saturated carbocycles. The molecule has 0 radical (unpaired) electrons. The first-order valence-electron chi connectivity index (χ1n) is 4.90.